The summed E-state index contributed by atoms with van der Waals surface area (Å²) in [6.07, 6.45) is 0. The monoisotopic (exact) mass is 434 g/mol. The van der Waals surface area contributed by atoms with E-state index in [1.54, 1.807) is 12.1 Å². The Labute approximate surface area is 185 Å². The van der Waals surface area contributed by atoms with Crippen LogP contribution in [0.5, 0.6) is 5.75 Å². The van der Waals surface area contributed by atoms with Crippen molar-refractivity contribution in [3.63, 3.8) is 0 Å². The highest BCUT2D eigenvalue weighted by Crippen LogP contribution is 2.27. The largest absolute Gasteiger partial charge is 0.484 e. The van der Waals surface area contributed by atoms with Crippen molar-refractivity contribution in [3.8, 4) is 11.4 Å². The summed E-state index contributed by atoms with van der Waals surface area (Å²) >= 11 is 6.35. The molecule has 4 aromatic rings. The number of fused-ring (bicyclic) bond motifs is 1. The Morgan fingerprint density at radius 3 is 2.29 bits per heavy atom. The number of halogens is 1. The molecule has 4 rings (SSSR count). The van der Waals surface area contributed by atoms with E-state index < -0.39 is 0 Å². The van der Waals surface area contributed by atoms with E-state index in [-0.39, 0.29) is 17.9 Å². The summed E-state index contributed by atoms with van der Waals surface area (Å²) in [5.74, 6) is 0.326. The Morgan fingerprint density at radius 1 is 1.00 bits per heavy atom. The number of rotatable bonds is 5. The molecule has 7 heteroatoms. The molecule has 0 radical (unpaired) electrons. The van der Waals surface area contributed by atoms with Crippen LogP contribution in [0.4, 0.5) is 5.69 Å². The maximum absolute atomic E-state index is 12.4. The van der Waals surface area contributed by atoms with Gasteiger partial charge in [-0.15, -0.1) is 10.2 Å². The summed E-state index contributed by atoms with van der Waals surface area (Å²) < 4.78 is 5.61. The van der Waals surface area contributed by atoms with Crippen molar-refractivity contribution < 1.29 is 9.53 Å². The summed E-state index contributed by atoms with van der Waals surface area (Å²) in [4.78, 5) is 13.9. The average molecular weight is 435 g/mol. The number of hydrogen-bond donors (Lipinski definition) is 1. The number of amides is 1. The second kappa shape index (κ2) is 8.40. The van der Waals surface area contributed by atoms with E-state index in [1.165, 1.54) is 10.4 Å². The van der Waals surface area contributed by atoms with Gasteiger partial charge in [-0.2, -0.15) is 4.80 Å². The highest BCUT2D eigenvalue weighted by atomic mass is 35.5. The third-order valence-electron chi connectivity index (χ3n) is 4.82. The van der Waals surface area contributed by atoms with Gasteiger partial charge in [-0.25, -0.2) is 0 Å². The maximum atomic E-state index is 12.4. The Morgan fingerprint density at radius 2 is 1.65 bits per heavy atom. The molecule has 1 amide bonds. The first-order valence-corrected chi connectivity index (χ1v) is 10.3. The zero-order chi connectivity index (χ0) is 22.0. The SMILES string of the molecule is CC(C)(C)c1ccc(OCC(=O)Nc2cc3nn(-c4ccccc4)nc3cc2Cl)cc1. The fraction of sp³-hybridized carbons (Fsp3) is 0.208. The first-order valence-electron chi connectivity index (χ1n) is 9.95. The van der Waals surface area contributed by atoms with Crippen LogP contribution in [-0.4, -0.2) is 27.5 Å². The Hall–Kier alpha value is -3.38. The third-order valence-corrected chi connectivity index (χ3v) is 5.13. The minimum absolute atomic E-state index is 0.0631. The van der Waals surface area contributed by atoms with Crippen molar-refractivity contribution in [2.45, 2.75) is 26.2 Å². The Balaban J connectivity index is 1.44. The van der Waals surface area contributed by atoms with Gasteiger partial charge in [0.15, 0.2) is 6.61 Å². The molecule has 0 saturated heterocycles. The Bertz CT molecular complexity index is 1210. The van der Waals surface area contributed by atoms with E-state index >= 15 is 0 Å². The normalized spacial score (nSPS) is 11.5. The number of aromatic nitrogens is 3. The molecule has 3 aromatic carbocycles. The van der Waals surface area contributed by atoms with Gasteiger partial charge in [0, 0.05) is 0 Å². The molecule has 1 N–H and O–H groups in total. The van der Waals surface area contributed by atoms with E-state index in [1.807, 2.05) is 54.6 Å². The molecule has 31 heavy (non-hydrogen) atoms. The van der Waals surface area contributed by atoms with Crippen LogP contribution in [0.2, 0.25) is 5.02 Å². The Kier molecular flexibility index (Phi) is 5.65. The van der Waals surface area contributed by atoms with E-state index in [2.05, 4.69) is 36.3 Å². The molecule has 0 aliphatic heterocycles. The number of nitrogens with one attached hydrogen (secondary N) is 1. The zero-order valence-corrected chi connectivity index (χ0v) is 18.3. The van der Waals surface area contributed by atoms with E-state index in [0.717, 1.165) is 5.69 Å². The van der Waals surface area contributed by atoms with Crippen LogP contribution in [0.3, 0.4) is 0 Å². The molecule has 0 spiro atoms. The average Bonchev–Trinajstić information content (AvgIpc) is 3.15. The summed E-state index contributed by atoms with van der Waals surface area (Å²) in [5, 5.41) is 12.1. The number of carbonyl (C=O) groups excluding carboxylic acids is 1. The number of ether oxygens (including phenoxy) is 1. The molecule has 0 aliphatic rings. The van der Waals surface area contributed by atoms with Gasteiger partial charge in [0.2, 0.25) is 0 Å². The summed E-state index contributed by atoms with van der Waals surface area (Å²) in [5.41, 5.74) is 3.84. The first kappa shape index (κ1) is 20.9. The zero-order valence-electron chi connectivity index (χ0n) is 17.6. The van der Waals surface area contributed by atoms with Crippen LogP contribution in [0, 0.1) is 0 Å². The van der Waals surface area contributed by atoms with Crippen molar-refractivity contribution in [1.29, 1.82) is 0 Å². The van der Waals surface area contributed by atoms with Crippen LogP contribution in [0.25, 0.3) is 16.7 Å². The number of hydrogen-bond acceptors (Lipinski definition) is 4. The summed E-state index contributed by atoms with van der Waals surface area (Å²) in [7, 11) is 0. The number of anilines is 1. The van der Waals surface area contributed by atoms with Gasteiger partial charge in [0.05, 0.1) is 16.4 Å². The minimum Gasteiger partial charge on any atom is -0.484 e. The summed E-state index contributed by atoms with van der Waals surface area (Å²) in [6.45, 7) is 6.32. The summed E-state index contributed by atoms with van der Waals surface area (Å²) in [6, 6.07) is 20.7. The lowest BCUT2D eigenvalue weighted by atomic mass is 9.87. The molecule has 0 bridgehead atoms. The smallest absolute Gasteiger partial charge is 0.262 e. The van der Waals surface area contributed by atoms with Gasteiger partial charge in [-0.05, 0) is 47.4 Å². The fourth-order valence-corrected chi connectivity index (χ4v) is 3.30. The van der Waals surface area contributed by atoms with Crippen LogP contribution in [-0.2, 0) is 10.2 Å². The number of nitrogens with zero attached hydrogens (tertiary/aromatic N) is 3. The van der Waals surface area contributed by atoms with Crippen molar-refractivity contribution in [3.05, 3.63) is 77.3 Å². The molecular weight excluding hydrogens is 412 g/mol. The van der Waals surface area contributed by atoms with Crippen LogP contribution in [0.1, 0.15) is 26.3 Å². The fourth-order valence-electron chi connectivity index (χ4n) is 3.10. The molecule has 1 aromatic heterocycles. The molecule has 1 heterocycles. The van der Waals surface area contributed by atoms with E-state index in [9.17, 15) is 4.79 Å². The van der Waals surface area contributed by atoms with Gasteiger partial charge in [-0.1, -0.05) is 62.7 Å². The third kappa shape index (κ3) is 4.86. The topological polar surface area (TPSA) is 69.0 Å². The molecule has 0 atom stereocenters. The molecular formula is C24H23ClN4O2. The van der Waals surface area contributed by atoms with Gasteiger partial charge >= 0.3 is 0 Å². The molecule has 6 nitrogen and oxygen atoms in total. The number of para-hydroxylation sites is 1. The standard InChI is InChI=1S/C24H23ClN4O2/c1-24(2,3)16-9-11-18(12-10-16)31-15-23(30)26-20-14-22-21(13-19(20)25)27-29(28-22)17-7-5-4-6-8-17/h4-14H,15H2,1-3H3,(H,26,30). The lowest BCUT2D eigenvalue weighted by Crippen LogP contribution is -2.20. The van der Waals surface area contributed by atoms with Gasteiger partial charge in [0.1, 0.15) is 16.8 Å². The second-order valence-electron chi connectivity index (χ2n) is 8.26. The molecule has 0 unspecified atom stereocenters. The van der Waals surface area contributed by atoms with Crippen molar-refractivity contribution in [1.82, 2.24) is 15.0 Å². The van der Waals surface area contributed by atoms with Crippen LogP contribution >= 0.6 is 11.6 Å². The highest BCUT2D eigenvalue weighted by molar-refractivity contribution is 6.34. The lowest BCUT2D eigenvalue weighted by molar-refractivity contribution is -0.118. The molecule has 158 valence electrons. The van der Waals surface area contributed by atoms with Crippen molar-refractivity contribution in [2.75, 3.05) is 11.9 Å². The van der Waals surface area contributed by atoms with E-state index in [0.29, 0.717) is 27.5 Å². The predicted octanol–water partition coefficient (Wildman–Crippen LogP) is 5.39. The molecule has 0 aliphatic carbocycles. The quantitative estimate of drug-likeness (QED) is 0.457. The van der Waals surface area contributed by atoms with Crippen molar-refractivity contribution >= 4 is 34.2 Å². The molecule has 0 fully saturated rings. The van der Waals surface area contributed by atoms with Crippen LogP contribution < -0.4 is 10.1 Å². The van der Waals surface area contributed by atoms with E-state index in [4.69, 9.17) is 16.3 Å². The molecule has 0 saturated carbocycles. The number of carbonyl (C=O) groups is 1. The lowest BCUT2D eigenvalue weighted by Gasteiger charge is -2.19. The predicted molar refractivity (Wildman–Crippen MR) is 123 cm³/mol. The second-order valence-corrected chi connectivity index (χ2v) is 8.66. The number of benzene rings is 3. The van der Waals surface area contributed by atoms with Crippen molar-refractivity contribution in [2.24, 2.45) is 0 Å². The maximum Gasteiger partial charge on any atom is 0.262 e. The highest BCUT2D eigenvalue weighted by Gasteiger charge is 2.14. The first-order chi connectivity index (χ1) is 14.8. The minimum atomic E-state index is -0.309. The van der Waals surface area contributed by atoms with Gasteiger partial charge in [-0.3, -0.25) is 4.79 Å². The van der Waals surface area contributed by atoms with Crippen LogP contribution in [0.15, 0.2) is 66.7 Å². The van der Waals surface area contributed by atoms with Gasteiger partial charge < -0.3 is 10.1 Å². The van der Waals surface area contributed by atoms with Gasteiger partial charge in [0.25, 0.3) is 5.91 Å².